The highest BCUT2D eigenvalue weighted by Crippen LogP contribution is 2.07. The molecular weight excluding hydrogens is 257 g/mol. The summed E-state index contributed by atoms with van der Waals surface area (Å²) in [5.41, 5.74) is 1.21. The van der Waals surface area contributed by atoms with Crippen molar-refractivity contribution in [3.05, 3.63) is 65.7 Å². The minimum atomic E-state index is -0.435. The predicted molar refractivity (Wildman–Crippen MR) is 76.6 cm³/mol. The van der Waals surface area contributed by atoms with Gasteiger partial charge in [0.2, 0.25) is 0 Å². The Morgan fingerprint density at radius 2 is 2.00 bits per heavy atom. The average molecular weight is 271 g/mol. The van der Waals surface area contributed by atoms with E-state index in [2.05, 4.69) is 15.6 Å². The zero-order valence-electron chi connectivity index (χ0n) is 10.9. The molecule has 0 spiro atoms. The highest BCUT2D eigenvalue weighted by Gasteiger charge is 2.00. The Labute approximate surface area is 116 Å². The van der Waals surface area contributed by atoms with Crippen molar-refractivity contribution in [1.82, 2.24) is 10.3 Å². The lowest BCUT2D eigenvalue weighted by molar-refractivity contribution is 0.255. The first-order valence-corrected chi connectivity index (χ1v) is 6.07. The fraction of sp³-hybridized carbons (Fsp3) is 0.0667. The zero-order valence-corrected chi connectivity index (χ0v) is 10.9. The molecule has 0 fully saturated rings. The molecule has 0 radical (unpaired) electrons. The molecule has 0 saturated carbocycles. The molecule has 1 aromatic heterocycles. The summed E-state index contributed by atoms with van der Waals surface area (Å²) in [5, 5.41) is 5.07. The molecule has 2 amide bonds. The second-order valence-electron chi connectivity index (χ2n) is 4.12. The van der Waals surface area contributed by atoms with Crippen molar-refractivity contribution in [2.24, 2.45) is 0 Å². The van der Waals surface area contributed by atoms with Crippen molar-refractivity contribution in [3.63, 3.8) is 0 Å². The third kappa shape index (κ3) is 3.91. The van der Waals surface area contributed by atoms with Crippen LogP contribution in [0.4, 0.5) is 15.0 Å². The summed E-state index contributed by atoms with van der Waals surface area (Å²) >= 11 is 0. The molecule has 2 rings (SSSR count). The van der Waals surface area contributed by atoms with Crippen LogP contribution in [0.1, 0.15) is 11.3 Å². The summed E-state index contributed by atoms with van der Waals surface area (Å²) in [5.74, 6) is 0.119. The molecule has 0 saturated heterocycles. The molecule has 5 heteroatoms. The van der Waals surface area contributed by atoms with Gasteiger partial charge in [0, 0.05) is 17.5 Å². The van der Waals surface area contributed by atoms with Crippen LogP contribution in [0.25, 0.3) is 6.08 Å². The fourth-order valence-corrected chi connectivity index (χ4v) is 1.58. The van der Waals surface area contributed by atoms with Crippen molar-refractivity contribution in [2.45, 2.75) is 6.92 Å². The van der Waals surface area contributed by atoms with Gasteiger partial charge >= 0.3 is 6.03 Å². The number of hydrogen-bond acceptors (Lipinski definition) is 2. The van der Waals surface area contributed by atoms with E-state index >= 15 is 0 Å². The van der Waals surface area contributed by atoms with E-state index in [-0.39, 0.29) is 5.82 Å². The number of halogens is 1. The van der Waals surface area contributed by atoms with E-state index in [0.29, 0.717) is 11.4 Å². The molecule has 0 bridgehead atoms. The van der Waals surface area contributed by atoms with Gasteiger partial charge in [0.05, 0.1) is 0 Å². The molecule has 2 aromatic rings. The summed E-state index contributed by atoms with van der Waals surface area (Å²) < 4.78 is 13.3. The smallest absolute Gasteiger partial charge is 0.314 e. The minimum Gasteiger partial charge on any atom is -0.314 e. The molecule has 0 atom stereocenters. The summed E-state index contributed by atoms with van der Waals surface area (Å²) in [7, 11) is 0. The maximum absolute atomic E-state index is 13.3. The number of anilines is 1. The number of carbonyl (C=O) groups is 1. The highest BCUT2D eigenvalue weighted by atomic mass is 19.1. The van der Waals surface area contributed by atoms with Gasteiger partial charge in [0.25, 0.3) is 0 Å². The van der Waals surface area contributed by atoms with Crippen molar-refractivity contribution >= 4 is 17.9 Å². The van der Waals surface area contributed by atoms with E-state index in [1.807, 2.05) is 13.0 Å². The van der Waals surface area contributed by atoms with Crippen molar-refractivity contribution < 1.29 is 9.18 Å². The van der Waals surface area contributed by atoms with E-state index in [1.54, 1.807) is 30.3 Å². The molecule has 0 aliphatic heterocycles. The van der Waals surface area contributed by atoms with Gasteiger partial charge in [-0.05, 0) is 31.2 Å². The van der Waals surface area contributed by atoms with Gasteiger partial charge in [0.1, 0.15) is 11.6 Å². The summed E-state index contributed by atoms with van der Waals surface area (Å²) in [6, 6.07) is 11.2. The van der Waals surface area contributed by atoms with Crippen LogP contribution in [0.15, 0.2) is 48.7 Å². The Kier molecular flexibility index (Phi) is 4.44. The van der Waals surface area contributed by atoms with Crippen LogP contribution in [0.3, 0.4) is 0 Å². The van der Waals surface area contributed by atoms with E-state index in [4.69, 9.17) is 0 Å². The summed E-state index contributed by atoms with van der Waals surface area (Å²) in [6.45, 7) is 1.83. The Hall–Kier alpha value is -2.69. The molecule has 0 aliphatic rings. The van der Waals surface area contributed by atoms with Crippen LogP contribution in [0, 0.1) is 12.7 Å². The molecule has 1 aromatic carbocycles. The van der Waals surface area contributed by atoms with Crippen LogP contribution < -0.4 is 10.6 Å². The molecule has 102 valence electrons. The lowest BCUT2D eigenvalue weighted by Gasteiger charge is -2.04. The van der Waals surface area contributed by atoms with E-state index in [1.165, 1.54) is 18.3 Å². The number of rotatable bonds is 3. The van der Waals surface area contributed by atoms with Crippen molar-refractivity contribution in [1.29, 1.82) is 0 Å². The molecule has 1 heterocycles. The largest absolute Gasteiger partial charge is 0.324 e. The lowest BCUT2D eigenvalue weighted by atomic mass is 10.2. The number of benzene rings is 1. The van der Waals surface area contributed by atoms with Gasteiger partial charge in [-0.3, -0.25) is 5.32 Å². The number of pyridine rings is 1. The van der Waals surface area contributed by atoms with Crippen LogP contribution in [-0.2, 0) is 0 Å². The normalized spacial score (nSPS) is 10.5. The van der Waals surface area contributed by atoms with Crippen molar-refractivity contribution in [3.8, 4) is 0 Å². The van der Waals surface area contributed by atoms with Gasteiger partial charge in [-0.2, -0.15) is 0 Å². The maximum Gasteiger partial charge on any atom is 0.324 e. The van der Waals surface area contributed by atoms with Gasteiger partial charge in [0.15, 0.2) is 0 Å². The predicted octanol–water partition coefficient (Wildman–Crippen LogP) is 3.32. The average Bonchev–Trinajstić information content (AvgIpc) is 2.41. The number of nitrogens with one attached hydrogen (secondary N) is 2. The van der Waals surface area contributed by atoms with Crippen LogP contribution in [-0.4, -0.2) is 11.0 Å². The number of aromatic nitrogens is 1. The first-order valence-electron chi connectivity index (χ1n) is 6.07. The third-order valence-electron chi connectivity index (χ3n) is 2.51. The van der Waals surface area contributed by atoms with E-state index in [9.17, 15) is 9.18 Å². The fourth-order valence-electron chi connectivity index (χ4n) is 1.58. The molecule has 0 unspecified atom stereocenters. The first-order chi connectivity index (χ1) is 9.65. The zero-order chi connectivity index (χ0) is 14.4. The van der Waals surface area contributed by atoms with Crippen molar-refractivity contribution in [2.75, 3.05) is 5.32 Å². The number of nitrogens with zero attached hydrogens (tertiary/aromatic N) is 1. The van der Waals surface area contributed by atoms with Gasteiger partial charge < -0.3 is 5.32 Å². The molecule has 2 N–H and O–H groups in total. The number of aryl methyl sites for hydroxylation is 1. The topological polar surface area (TPSA) is 54.0 Å². The quantitative estimate of drug-likeness (QED) is 0.899. The maximum atomic E-state index is 13.3. The van der Waals surface area contributed by atoms with Crippen LogP contribution >= 0.6 is 0 Å². The number of amides is 2. The molecule has 20 heavy (non-hydrogen) atoms. The Bertz CT molecular complexity index is 641. The van der Waals surface area contributed by atoms with Crippen LogP contribution in [0.5, 0.6) is 0 Å². The number of urea groups is 1. The minimum absolute atomic E-state index is 0.341. The Morgan fingerprint density at radius 3 is 2.75 bits per heavy atom. The van der Waals surface area contributed by atoms with Gasteiger partial charge in [-0.1, -0.05) is 24.3 Å². The summed E-state index contributed by atoms with van der Waals surface area (Å²) in [6.07, 6.45) is 2.86. The third-order valence-corrected chi connectivity index (χ3v) is 2.51. The number of carbonyl (C=O) groups excluding carboxylic acids is 1. The SMILES string of the molecule is Cc1cccc(NC(=O)N/C=C/c2ccccc2F)n1. The molecular formula is C15H14FN3O. The number of hydrogen-bond donors (Lipinski definition) is 2. The molecule has 4 nitrogen and oxygen atoms in total. The standard InChI is InChI=1S/C15H14FN3O/c1-11-5-4-8-14(18-11)19-15(20)17-10-9-12-6-2-3-7-13(12)16/h2-10H,1H3,(H2,17,18,19,20)/b10-9+. The first kappa shape index (κ1) is 13.7. The second-order valence-corrected chi connectivity index (χ2v) is 4.12. The van der Waals surface area contributed by atoms with E-state index < -0.39 is 6.03 Å². The van der Waals surface area contributed by atoms with Gasteiger partial charge in [-0.25, -0.2) is 14.2 Å². The Balaban J connectivity index is 1.91. The van der Waals surface area contributed by atoms with Crippen LogP contribution in [0.2, 0.25) is 0 Å². The second kappa shape index (κ2) is 6.47. The summed E-state index contributed by atoms with van der Waals surface area (Å²) in [4.78, 5) is 15.7. The highest BCUT2D eigenvalue weighted by molar-refractivity contribution is 5.89. The monoisotopic (exact) mass is 271 g/mol. The lowest BCUT2D eigenvalue weighted by Crippen LogP contribution is -2.24. The van der Waals surface area contributed by atoms with E-state index in [0.717, 1.165) is 5.69 Å². The van der Waals surface area contributed by atoms with Gasteiger partial charge in [-0.15, -0.1) is 0 Å². The molecule has 0 aliphatic carbocycles. The Morgan fingerprint density at radius 1 is 1.20 bits per heavy atom.